The minimum Gasteiger partial charge on any atom is -0.477 e. The summed E-state index contributed by atoms with van der Waals surface area (Å²) in [5, 5.41) is 9.96. The first-order chi connectivity index (χ1) is 9.66. The molecule has 1 aromatic carbocycles. The quantitative estimate of drug-likeness (QED) is 0.792. The molecular weight excluding hydrogens is 256 g/mol. The normalized spacial score (nSPS) is 10.7. The fourth-order valence-corrected chi connectivity index (χ4v) is 2.06. The molecule has 0 unspecified atom stereocenters. The Morgan fingerprint density at radius 1 is 1.25 bits per heavy atom. The third kappa shape index (κ3) is 1.99. The average Bonchev–Trinajstić information content (AvgIpc) is 2.82. The molecule has 0 saturated carbocycles. The number of para-hydroxylation sites is 1. The lowest BCUT2D eigenvalue weighted by molar-refractivity contribution is 0.0694. The second kappa shape index (κ2) is 4.70. The Balaban J connectivity index is 2.20. The summed E-state index contributed by atoms with van der Waals surface area (Å²) < 4.78 is 7.58. The molecule has 3 rings (SSSR count). The van der Waals surface area contributed by atoms with Crippen LogP contribution >= 0.6 is 0 Å². The van der Waals surface area contributed by atoms with Crippen LogP contribution in [0.3, 0.4) is 0 Å². The Hall–Kier alpha value is -2.82. The van der Waals surface area contributed by atoms with Crippen LogP contribution in [-0.4, -0.2) is 20.6 Å². The highest BCUT2D eigenvalue weighted by Gasteiger charge is 2.18. The third-order valence-electron chi connectivity index (χ3n) is 3.04. The van der Waals surface area contributed by atoms with E-state index in [1.54, 1.807) is 18.2 Å². The first-order valence-corrected chi connectivity index (χ1v) is 6.07. The number of carboxylic acids is 1. The number of pyridine rings is 1. The fourth-order valence-electron chi connectivity index (χ4n) is 2.06. The molecule has 1 N–H and O–H groups in total. The minimum atomic E-state index is -1.06. The van der Waals surface area contributed by atoms with Crippen molar-refractivity contribution in [3.8, 4) is 11.5 Å². The lowest BCUT2D eigenvalue weighted by Gasteiger charge is -2.10. The predicted molar refractivity (Wildman–Crippen MR) is 74.2 cm³/mol. The number of carboxylic acid groups (broad SMARTS) is 1. The van der Waals surface area contributed by atoms with Crippen molar-refractivity contribution in [2.45, 2.75) is 0 Å². The molecule has 0 atom stereocenters. The third-order valence-corrected chi connectivity index (χ3v) is 3.04. The molecular formula is C15H12N2O3. The van der Waals surface area contributed by atoms with Crippen LogP contribution in [0, 0.1) is 0 Å². The van der Waals surface area contributed by atoms with Crippen molar-refractivity contribution >= 4 is 17.0 Å². The van der Waals surface area contributed by atoms with E-state index in [0.29, 0.717) is 22.5 Å². The zero-order chi connectivity index (χ0) is 14.1. The number of rotatable bonds is 3. The van der Waals surface area contributed by atoms with Crippen LogP contribution in [0.2, 0.25) is 0 Å². The van der Waals surface area contributed by atoms with E-state index >= 15 is 0 Å². The summed E-state index contributed by atoms with van der Waals surface area (Å²) in [5.74, 6) is -0.158. The molecule has 0 bridgehead atoms. The van der Waals surface area contributed by atoms with Crippen molar-refractivity contribution in [2.24, 2.45) is 7.05 Å². The summed E-state index contributed by atoms with van der Waals surface area (Å²) in [5.41, 5.74) is 0.730. The highest BCUT2D eigenvalue weighted by Crippen LogP contribution is 2.32. The van der Waals surface area contributed by atoms with Crippen LogP contribution in [0.25, 0.3) is 11.0 Å². The van der Waals surface area contributed by atoms with Gasteiger partial charge < -0.3 is 14.4 Å². The van der Waals surface area contributed by atoms with E-state index in [4.69, 9.17) is 4.74 Å². The summed E-state index contributed by atoms with van der Waals surface area (Å²) in [6.45, 7) is 0. The molecule has 0 fully saturated rings. The maximum Gasteiger partial charge on any atom is 0.341 e. The van der Waals surface area contributed by atoms with E-state index in [1.807, 2.05) is 36.0 Å². The van der Waals surface area contributed by atoms with Crippen LogP contribution in [0.1, 0.15) is 10.4 Å². The maximum atomic E-state index is 11.3. The molecule has 0 aliphatic heterocycles. The summed E-state index contributed by atoms with van der Waals surface area (Å²) >= 11 is 0. The van der Waals surface area contributed by atoms with E-state index in [2.05, 4.69) is 4.98 Å². The van der Waals surface area contributed by atoms with Gasteiger partial charge in [-0.1, -0.05) is 18.2 Å². The van der Waals surface area contributed by atoms with Gasteiger partial charge in [0.05, 0.1) is 5.39 Å². The second-order valence-corrected chi connectivity index (χ2v) is 4.39. The van der Waals surface area contributed by atoms with Crippen molar-refractivity contribution < 1.29 is 14.6 Å². The van der Waals surface area contributed by atoms with Gasteiger partial charge in [-0.3, -0.25) is 0 Å². The molecule has 0 aliphatic carbocycles. The van der Waals surface area contributed by atoms with Gasteiger partial charge in [-0.15, -0.1) is 0 Å². The topological polar surface area (TPSA) is 64.3 Å². The number of aryl methyl sites for hydroxylation is 1. The van der Waals surface area contributed by atoms with Crippen molar-refractivity contribution in [1.82, 2.24) is 9.55 Å². The Labute approximate surface area is 115 Å². The predicted octanol–water partition coefficient (Wildman–Crippen LogP) is 3.06. The van der Waals surface area contributed by atoms with Crippen molar-refractivity contribution in [3.05, 3.63) is 54.4 Å². The molecule has 2 heterocycles. The van der Waals surface area contributed by atoms with E-state index in [-0.39, 0.29) is 5.56 Å². The number of aromatic carboxylic acids is 1. The van der Waals surface area contributed by atoms with Crippen LogP contribution in [-0.2, 0) is 7.05 Å². The molecule has 0 aliphatic rings. The molecule has 5 heteroatoms. The smallest absolute Gasteiger partial charge is 0.341 e. The van der Waals surface area contributed by atoms with Crippen molar-refractivity contribution in [1.29, 1.82) is 0 Å². The molecule has 0 radical (unpaired) electrons. The van der Waals surface area contributed by atoms with E-state index < -0.39 is 5.97 Å². The Bertz CT molecular complexity index is 778. The molecule has 2 aromatic heterocycles. The van der Waals surface area contributed by atoms with Gasteiger partial charge in [0.25, 0.3) is 0 Å². The van der Waals surface area contributed by atoms with Gasteiger partial charge in [0.1, 0.15) is 17.0 Å². The molecule has 3 aromatic rings. The SMILES string of the molecule is Cn1ccc2c(Oc3ccccc3)c(C(=O)O)cnc21. The monoisotopic (exact) mass is 268 g/mol. The Kier molecular flexibility index (Phi) is 2.87. The number of benzene rings is 1. The molecule has 0 saturated heterocycles. The first kappa shape index (κ1) is 12.2. The molecule has 100 valence electrons. The molecule has 20 heavy (non-hydrogen) atoms. The highest BCUT2D eigenvalue weighted by atomic mass is 16.5. The minimum absolute atomic E-state index is 0.0487. The number of aromatic nitrogens is 2. The number of ether oxygens (including phenoxy) is 1. The molecule has 0 amide bonds. The Morgan fingerprint density at radius 3 is 2.70 bits per heavy atom. The summed E-state index contributed by atoms with van der Waals surface area (Å²) in [4.78, 5) is 15.5. The van der Waals surface area contributed by atoms with Crippen LogP contribution < -0.4 is 4.74 Å². The Morgan fingerprint density at radius 2 is 2.00 bits per heavy atom. The summed E-state index contributed by atoms with van der Waals surface area (Å²) in [6, 6.07) is 10.9. The zero-order valence-corrected chi connectivity index (χ0v) is 10.8. The van der Waals surface area contributed by atoms with E-state index in [1.165, 1.54) is 6.20 Å². The lowest BCUT2D eigenvalue weighted by Crippen LogP contribution is -2.02. The van der Waals surface area contributed by atoms with Gasteiger partial charge in [-0.25, -0.2) is 9.78 Å². The lowest BCUT2D eigenvalue weighted by atomic mass is 10.2. The highest BCUT2D eigenvalue weighted by molar-refractivity contribution is 5.98. The summed E-state index contributed by atoms with van der Waals surface area (Å²) in [7, 11) is 1.85. The standard InChI is InChI=1S/C15H12N2O3/c1-17-8-7-11-13(20-10-5-3-2-4-6-10)12(15(18)19)9-16-14(11)17/h2-9H,1H3,(H,18,19). The number of fused-ring (bicyclic) bond motifs is 1. The average molecular weight is 268 g/mol. The van der Waals surface area contributed by atoms with Crippen LogP contribution in [0.15, 0.2) is 48.8 Å². The number of hydrogen-bond acceptors (Lipinski definition) is 3. The molecule has 5 nitrogen and oxygen atoms in total. The number of nitrogens with zero attached hydrogens (tertiary/aromatic N) is 2. The fraction of sp³-hybridized carbons (Fsp3) is 0.0667. The van der Waals surface area contributed by atoms with Gasteiger partial charge in [0, 0.05) is 19.4 Å². The van der Waals surface area contributed by atoms with Gasteiger partial charge in [0.2, 0.25) is 0 Å². The van der Waals surface area contributed by atoms with E-state index in [9.17, 15) is 9.90 Å². The van der Waals surface area contributed by atoms with Gasteiger partial charge >= 0.3 is 5.97 Å². The summed E-state index contributed by atoms with van der Waals surface area (Å²) in [6.07, 6.45) is 3.14. The van der Waals surface area contributed by atoms with E-state index in [0.717, 1.165) is 0 Å². The maximum absolute atomic E-state index is 11.3. The van der Waals surface area contributed by atoms with Gasteiger partial charge in [-0.2, -0.15) is 0 Å². The largest absolute Gasteiger partial charge is 0.477 e. The first-order valence-electron chi connectivity index (χ1n) is 6.07. The number of hydrogen-bond donors (Lipinski definition) is 1. The van der Waals surface area contributed by atoms with Gasteiger partial charge in [0.15, 0.2) is 5.75 Å². The zero-order valence-electron chi connectivity index (χ0n) is 10.8. The van der Waals surface area contributed by atoms with Crippen molar-refractivity contribution in [2.75, 3.05) is 0 Å². The van der Waals surface area contributed by atoms with Crippen LogP contribution in [0.5, 0.6) is 11.5 Å². The second-order valence-electron chi connectivity index (χ2n) is 4.39. The molecule has 0 spiro atoms. The van der Waals surface area contributed by atoms with Gasteiger partial charge in [-0.05, 0) is 18.2 Å². The van der Waals surface area contributed by atoms with Crippen molar-refractivity contribution in [3.63, 3.8) is 0 Å². The van der Waals surface area contributed by atoms with Crippen LogP contribution in [0.4, 0.5) is 0 Å². The number of carbonyl (C=O) groups is 1.